The molecule has 1 amide bonds. The molecule has 0 saturated carbocycles. The van der Waals surface area contributed by atoms with Crippen molar-refractivity contribution in [3.63, 3.8) is 0 Å². The van der Waals surface area contributed by atoms with Gasteiger partial charge in [-0.1, -0.05) is 17.7 Å². The van der Waals surface area contributed by atoms with E-state index in [4.69, 9.17) is 4.74 Å². The maximum atomic E-state index is 12.3. The van der Waals surface area contributed by atoms with Gasteiger partial charge in [0.2, 0.25) is 5.95 Å². The normalized spacial score (nSPS) is 14.2. The fourth-order valence-electron chi connectivity index (χ4n) is 2.84. The largest absolute Gasteiger partial charge is 0.467 e. The fraction of sp³-hybridized carbons (Fsp3) is 0.444. The number of anilines is 1. The van der Waals surface area contributed by atoms with E-state index in [9.17, 15) is 4.79 Å². The molecule has 2 aromatic rings. The second-order valence-electron chi connectivity index (χ2n) is 6.14. The van der Waals surface area contributed by atoms with Crippen LogP contribution in [0.1, 0.15) is 41.0 Å². The Labute approximate surface area is 147 Å². The molecule has 1 aliphatic rings. The van der Waals surface area contributed by atoms with Gasteiger partial charge in [-0.3, -0.25) is 4.79 Å². The Morgan fingerprint density at radius 1 is 1.20 bits per heavy atom. The zero-order valence-corrected chi connectivity index (χ0v) is 14.7. The van der Waals surface area contributed by atoms with Gasteiger partial charge in [-0.25, -0.2) is 0 Å². The van der Waals surface area contributed by atoms with Gasteiger partial charge in [0.05, 0.1) is 13.7 Å². The van der Waals surface area contributed by atoms with Gasteiger partial charge in [-0.15, -0.1) is 0 Å². The maximum Gasteiger partial charge on any atom is 0.321 e. The minimum atomic E-state index is -0.150. The predicted octanol–water partition coefficient (Wildman–Crippen LogP) is 2.11. The molecule has 1 saturated heterocycles. The lowest BCUT2D eigenvalue weighted by Gasteiger charge is -2.26. The number of benzene rings is 1. The lowest BCUT2D eigenvalue weighted by molar-refractivity contribution is 0.0949. The smallest absolute Gasteiger partial charge is 0.321 e. The Hall–Kier alpha value is -2.70. The molecule has 1 aliphatic heterocycles. The molecular weight excluding hydrogens is 318 g/mol. The van der Waals surface area contributed by atoms with Crippen molar-refractivity contribution in [2.24, 2.45) is 0 Å². The Balaban J connectivity index is 1.71. The number of hydrogen-bond donors (Lipinski definition) is 1. The average molecular weight is 341 g/mol. The lowest BCUT2D eigenvalue weighted by Crippen LogP contribution is -2.32. The first-order valence-corrected chi connectivity index (χ1v) is 8.54. The number of amides is 1. The number of nitrogens with one attached hydrogen (secondary N) is 1. The van der Waals surface area contributed by atoms with Crippen LogP contribution in [0.15, 0.2) is 24.3 Å². The summed E-state index contributed by atoms with van der Waals surface area (Å²) in [5.41, 5.74) is 1.67. The number of ether oxygens (including phenoxy) is 1. The van der Waals surface area contributed by atoms with Crippen LogP contribution < -0.4 is 15.0 Å². The lowest BCUT2D eigenvalue weighted by atomic mass is 10.1. The predicted molar refractivity (Wildman–Crippen MR) is 94.8 cm³/mol. The minimum Gasteiger partial charge on any atom is -0.467 e. The molecule has 0 spiro atoms. The SMILES string of the molecule is COc1nc(CNC(=O)c2cccc(C)c2)nc(N2CCCCC2)n1. The van der Waals surface area contributed by atoms with Crippen molar-refractivity contribution in [1.29, 1.82) is 0 Å². The van der Waals surface area contributed by atoms with E-state index in [0.717, 1.165) is 31.5 Å². The van der Waals surface area contributed by atoms with Crippen LogP contribution in [0.25, 0.3) is 0 Å². The van der Waals surface area contributed by atoms with E-state index in [1.165, 1.54) is 13.5 Å². The topological polar surface area (TPSA) is 80.2 Å². The summed E-state index contributed by atoms with van der Waals surface area (Å²) in [6.07, 6.45) is 3.50. The molecule has 25 heavy (non-hydrogen) atoms. The van der Waals surface area contributed by atoms with E-state index in [1.54, 1.807) is 6.07 Å². The molecule has 1 aromatic carbocycles. The first-order valence-electron chi connectivity index (χ1n) is 8.54. The number of aryl methyl sites for hydroxylation is 1. The number of nitrogens with zero attached hydrogens (tertiary/aromatic N) is 4. The van der Waals surface area contributed by atoms with Crippen molar-refractivity contribution in [3.8, 4) is 6.01 Å². The third kappa shape index (κ3) is 4.43. The van der Waals surface area contributed by atoms with Crippen LogP contribution in [0.2, 0.25) is 0 Å². The molecule has 7 heteroatoms. The molecule has 0 unspecified atom stereocenters. The van der Waals surface area contributed by atoms with Crippen LogP contribution >= 0.6 is 0 Å². The quantitative estimate of drug-likeness (QED) is 0.897. The molecule has 3 rings (SSSR count). The maximum absolute atomic E-state index is 12.3. The molecule has 0 radical (unpaired) electrons. The summed E-state index contributed by atoms with van der Waals surface area (Å²) in [5.74, 6) is 0.961. The second-order valence-corrected chi connectivity index (χ2v) is 6.14. The molecule has 0 aliphatic carbocycles. The van der Waals surface area contributed by atoms with Crippen LogP contribution in [-0.2, 0) is 6.54 Å². The van der Waals surface area contributed by atoms with Gasteiger partial charge in [0.1, 0.15) is 0 Å². The van der Waals surface area contributed by atoms with Crippen molar-refractivity contribution >= 4 is 11.9 Å². The van der Waals surface area contributed by atoms with Crippen LogP contribution in [0, 0.1) is 6.92 Å². The number of carbonyl (C=O) groups is 1. The zero-order valence-electron chi connectivity index (χ0n) is 14.7. The van der Waals surface area contributed by atoms with Gasteiger partial charge in [0.25, 0.3) is 5.91 Å². The molecular formula is C18H23N5O2. The van der Waals surface area contributed by atoms with Crippen LogP contribution in [0.5, 0.6) is 6.01 Å². The monoisotopic (exact) mass is 341 g/mol. The number of hydrogen-bond acceptors (Lipinski definition) is 6. The Kier molecular flexibility index (Phi) is 5.42. The second kappa shape index (κ2) is 7.92. The van der Waals surface area contributed by atoms with Gasteiger partial charge in [-0.2, -0.15) is 15.0 Å². The van der Waals surface area contributed by atoms with E-state index >= 15 is 0 Å². The first kappa shape index (κ1) is 17.1. The van der Waals surface area contributed by atoms with Gasteiger partial charge in [0, 0.05) is 18.7 Å². The Morgan fingerprint density at radius 3 is 2.72 bits per heavy atom. The number of rotatable bonds is 5. The van der Waals surface area contributed by atoms with Crippen molar-refractivity contribution < 1.29 is 9.53 Å². The number of aromatic nitrogens is 3. The number of piperidine rings is 1. The molecule has 0 bridgehead atoms. The van der Waals surface area contributed by atoms with E-state index in [2.05, 4.69) is 25.2 Å². The first-order chi connectivity index (χ1) is 12.2. The van der Waals surface area contributed by atoms with E-state index in [0.29, 0.717) is 17.3 Å². The molecule has 1 N–H and O–H groups in total. The van der Waals surface area contributed by atoms with Crippen LogP contribution in [0.4, 0.5) is 5.95 Å². The summed E-state index contributed by atoms with van der Waals surface area (Å²) in [5, 5.41) is 2.86. The molecule has 132 valence electrons. The standard InChI is InChI=1S/C18H23N5O2/c1-13-7-6-8-14(11-13)16(24)19-12-15-20-17(22-18(21-15)25-2)23-9-4-3-5-10-23/h6-8,11H,3-5,9-10,12H2,1-2H3,(H,19,24). The highest BCUT2D eigenvalue weighted by Crippen LogP contribution is 2.17. The summed E-state index contributed by atoms with van der Waals surface area (Å²) >= 11 is 0. The summed E-state index contributed by atoms with van der Waals surface area (Å²) in [7, 11) is 1.53. The van der Waals surface area contributed by atoms with Gasteiger partial charge in [-0.05, 0) is 38.3 Å². The van der Waals surface area contributed by atoms with E-state index in [-0.39, 0.29) is 18.5 Å². The summed E-state index contributed by atoms with van der Waals surface area (Å²) in [6, 6.07) is 7.73. The minimum absolute atomic E-state index is 0.150. The summed E-state index contributed by atoms with van der Waals surface area (Å²) in [6.45, 7) is 4.05. The summed E-state index contributed by atoms with van der Waals surface area (Å²) < 4.78 is 5.19. The highest BCUT2D eigenvalue weighted by atomic mass is 16.5. The van der Waals surface area contributed by atoms with Crippen LogP contribution in [0.3, 0.4) is 0 Å². The highest BCUT2D eigenvalue weighted by molar-refractivity contribution is 5.94. The third-order valence-electron chi connectivity index (χ3n) is 4.16. The van der Waals surface area contributed by atoms with Crippen molar-refractivity contribution in [3.05, 3.63) is 41.2 Å². The average Bonchev–Trinajstić information content (AvgIpc) is 2.66. The number of methoxy groups -OCH3 is 1. The zero-order chi connectivity index (χ0) is 17.6. The molecule has 1 aromatic heterocycles. The molecule has 1 fully saturated rings. The van der Waals surface area contributed by atoms with Gasteiger partial charge in [0.15, 0.2) is 5.82 Å². The van der Waals surface area contributed by atoms with Crippen LogP contribution in [-0.4, -0.2) is 41.1 Å². The Morgan fingerprint density at radius 2 is 2.00 bits per heavy atom. The van der Waals surface area contributed by atoms with Crippen molar-refractivity contribution in [2.45, 2.75) is 32.7 Å². The van der Waals surface area contributed by atoms with Crippen molar-refractivity contribution in [1.82, 2.24) is 20.3 Å². The fourth-order valence-corrected chi connectivity index (χ4v) is 2.84. The van der Waals surface area contributed by atoms with E-state index < -0.39 is 0 Å². The van der Waals surface area contributed by atoms with Crippen molar-refractivity contribution in [2.75, 3.05) is 25.1 Å². The highest BCUT2D eigenvalue weighted by Gasteiger charge is 2.17. The third-order valence-corrected chi connectivity index (χ3v) is 4.16. The number of carbonyl (C=O) groups excluding carboxylic acids is 1. The van der Waals surface area contributed by atoms with E-state index in [1.807, 2.05) is 25.1 Å². The molecule has 7 nitrogen and oxygen atoms in total. The van der Waals surface area contributed by atoms with Gasteiger partial charge < -0.3 is 15.0 Å². The molecule has 2 heterocycles. The van der Waals surface area contributed by atoms with Gasteiger partial charge >= 0.3 is 6.01 Å². The Bertz CT molecular complexity index is 744. The summed E-state index contributed by atoms with van der Waals surface area (Å²) in [4.78, 5) is 27.5. The molecule has 0 atom stereocenters.